The SMILES string of the molecule is CC/C=C\C/C=C\C/C=C\C/C=C\C/C=C\CCCCCCCCCCCC(=O)OCC(O)COP(=O)(O)OCC(O)COP(=O)(O)OCC(COC(=O)CCCCCCCCCCCCCCCCC)OC(=O)CCCCCCCCCCCCC. The Morgan fingerprint density at radius 3 is 0.966 bits per heavy atom. The average molecular weight is 1270 g/mol. The van der Waals surface area contributed by atoms with Gasteiger partial charge in [0.05, 0.1) is 26.4 Å². The van der Waals surface area contributed by atoms with Gasteiger partial charge in [0.15, 0.2) is 6.10 Å². The Labute approximate surface area is 529 Å². The van der Waals surface area contributed by atoms with Crippen LogP contribution in [0.3, 0.4) is 0 Å². The molecule has 0 aromatic carbocycles. The summed E-state index contributed by atoms with van der Waals surface area (Å²) in [5.74, 6) is -1.56. The van der Waals surface area contributed by atoms with E-state index < -0.39 is 91.5 Å². The number of hydrogen-bond donors (Lipinski definition) is 4. The third kappa shape index (κ3) is 64.6. The van der Waals surface area contributed by atoms with Crippen molar-refractivity contribution in [3.63, 3.8) is 0 Å². The fourth-order valence-electron chi connectivity index (χ4n) is 9.48. The molecule has 0 fully saturated rings. The van der Waals surface area contributed by atoms with Gasteiger partial charge in [-0.05, 0) is 64.2 Å². The van der Waals surface area contributed by atoms with E-state index in [4.69, 9.17) is 32.3 Å². The molecule has 0 spiro atoms. The van der Waals surface area contributed by atoms with Crippen molar-refractivity contribution < 1.29 is 75.8 Å². The van der Waals surface area contributed by atoms with E-state index in [0.717, 1.165) is 109 Å². The van der Waals surface area contributed by atoms with Crippen LogP contribution in [0.4, 0.5) is 0 Å². The molecular weight excluding hydrogens is 1150 g/mol. The minimum atomic E-state index is -4.91. The van der Waals surface area contributed by atoms with Gasteiger partial charge < -0.3 is 34.2 Å². The number of ether oxygens (including phenoxy) is 3. The molecule has 4 N–H and O–H groups in total. The lowest BCUT2D eigenvalue weighted by Gasteiger charge is -2.21. The molecule has 0 aliphatic carbocycles. The van der Waals surface area contributed by atoms with Gasteiger partial charge in [-0.3, -0.25) is 32.5 Å². The van der Waals surface area contributed by atoms with Crippen LogP contribution in [0.1, 0.15) is 303 Å². The van der Waals surface area contributed by atoms with Crippen molar-refractivity contribution in [3.05, 3.63) is 60.8 Å². The predicted molar refractivity (Wildman–Crippen MR) is 353 cm³/mol. The first-order valence-electron chi connectivity index (χ1n) is 34.6. The largest absolute Gasteiger partial charge is 0.472 e. The van der Waals surface area contributed by atoms with E-state index in [1.807, 2.05) is 0 Å². The highest BCUT2D eigenvalue weighted by atomic mass is 31.2. The topological polar surface area (TPSA) is 231 Å². The number of carbonyl (C=O) groups is 3. The zero-order valence-corrected chi connectivity index (χ0v) is 56.7. The molecule has 0 aliphatic rings. The summed E-state index contributed by atoms with van der Waals surface area (Å²) in [4.78, 5) is 58.3. The standard InChI is InChI=1S/C69H126O16P2/c1-4-7-10-13-16-19-22-24-26-27-28-29-30-31-32-33-34-35-37-39-41-43-46-49-52-55-67(72)79-58-64(70)59-81-86(75,76)82-60-65(71)61-83-87(77,78)84-63-66(85-69(74)57-54-51-48-45-40-21-18-15-12-9-6-3)62-80-68(73)56-53-50-47-44-42-38-36-25-23-20-17-14-11-8-5-2/h7,10,16,19,24,26,28-29,31-32,64-66,70-71H,4-6,8-9,11-15,17-18,20-23,25,27,30,33-63H2,1-3H3,(H,75,76)(H,77,78)/b10-7-,19-16-,26-24-,29-28-,32-31-. The molecule has 0 bridgehead atoms. The molecule has 0 rings (SSSR count). The third-order valence-corrected chi connectivity index (χ3v) is 16.7. The van der Waals surface area contributed by atoms with Crippen LogP contribution in [0.2, 0.25) is 0 Å². The summed E-state index contributed by atoms with van der Waals surface area (Å²) in [6.45, 7) is 2.58. The van der Waals surface area contributed by atoms with Crippen LogP contribution in [0.15, 0.2) is 60.8 Å². The molecule has 16 nitrogen and oxygen atoms in total. The van der Waals surface area contributed by atoms with Gasteiger partial charge in [-0.25, -0.2) is 9.13 Å². The summed E-state index contributed by atoms with van der Waals surface area (Å²) in [7, 11) is -9.75. The first-order valence-corrected chi connectivity index (χ1v) is 37.6. The maximum Gasteiger partial charge on any atom is 0.472 e. The molecule has 18 heteroatoms. The first kappa shape index (κ1) is 84.2. The van der Waals surface area contributed by atoms with Crippen LogP contribution in [-0.2, 0) is 55.8 Å². The molecular formula is C69H126O16P2. The summed E-state index contributed by atoms with van der Waals surface area (Å²) in [5, 5.41) is 20.5. The Bertz CT molecular complexity index is 1840. The number of aliphatic hydroxyl groups excluding tert-OH is 2. The number of esters is 3. The number of hydrogen-bond acceptors (Lipinski definition) is 14. The third-order valence-electron chi connectivity index (χ3n) is 14.8. The summed E-state index contributed by atoms with van der Waals surface area (Å²) in [6.07, 6.45) is 64.2. The zero-order valence-electron chi connectivity index (χ0n) is 54.9. The highest BCUT2D eigenvalue weighted by Crippen LogP contribution is 2.45. The lowest BCUT2D eigenvalue weighted by molar-refractivity contribution is -0.161. The first-order chi connectivity index (χ1) is 42.2. The number of aliphatic hydroxyl groups is 2. The fraction of sp³-hybridized carbons (Fsp3) is 0.812. The summed E-state index contributed by atoms with van der Waals surface area (Å²) in [6, 6.07) is 0. The van der Waals surface area contributed by atoms with Gasteiger partial charge in [-0.2, -0.15) is 0 Å². The fourth-order valence-corrected chi connectivity index (χ4v) is 11.1. The summed E-state index contributed by atoms with van der Waals surface area (Å²) in [5.41, 5.74) is 0. The van der Waals surface area contributed by atoms with E-state index in [2.05, 4.69) is 81.5 Å². The van der Waals surface area contributed by atoms with Crippen LogP contribution in [0, 0.1) is 0 Å². The van der Waals surface area contributed by atoms with Gasteiger partial charge in [-0.1, -0.05) is 281 Å². The second-order valence-electron chi connectivity index (χ2n) is 23.3. The number of phosphoric ester groups is 2. The number of unbranched alkanes of at least 4 members (excludes halogenated alkanes) is 33. The minimum Gasteiger partial charge on any atom is -0.463 e. The Morgan fingerprint density at radius 2 is 0.609 bits per heavy atom. The molecule has 0 radical (unpaired) electrons. The number of rotatable bonds is 66. The molecule has 0 amide bonds. The normalized spacial score (nSPS) is 14.6. The predicted octanol–water partition coefficient (Wildman–Crippen LogP) is 19.0. The maximum absolute atomic E-state index is 12.9. The van der Waals surface area contributed by atoms with E-state index in [1.165, 1.54) is 135 Å². The molecule has 5 atom stereocenters. The number of phosphoric acid groups is 2. The van der Waals surface area contributed by atoms with Crippen molar-refractivity contribution in [2.24, 2.45) is 0 Å². The minimum absolute atomic E-state index is 0.112. The van der Waals surface area contributed by atoms with Crippen molar-refractivity contribution in [1.29, 1.82) is 0 Å². The Kier molecular flexibility index (Phi) is 61.4. The molecule has 0 aliphatic heterocycles. The van der Waals surface area contributed by atoms with Crippen LogP contribution in [0.25, 0.3) is 0 Å². The van der Waals surface area contributed by atoms with Crippen molar-refractivity contribution in [2.45, 2.75) is 322 Å². The smallest absolute Gasteiger partial charge is 0.463 e. The summed E-state index contributed by atoms with van der Waals surface area (Å²) >= 11 is 0. The van der Waals surface area contributed by atoms with Crippen LogP contribution < -0.4 is 0 Å². The Balaban J connectivity index is 4.47. The molecule has 0 heterocycles. The average Bonchev–Trinajstić information content (AvgIpc) is 3.56. The highest BCUT2D eigenvalue weighted by molar-refractivity contribution is 7.47. The molecule has 0 aromatic heterocycles. The quantitative estimate of drug-likeness (QED) is 0.0146. The van der Waals surface area contributed by atoms with Crippen molar-refractivity contribution in [3.8, 4) is 0 Å². The Hall–Kier alpha value is -2.75. The lowest BCUT2D eigenvalue weighted by Crippen LogP contribution is -2.30. The van der Waals surface area contributed by atoms with Gasteiger partial charge in [0.1, 0.15) is 25.4 Å². The van der Waals surface area contributed by atoms with E-state index in [9.17, 15) is 43.5 Å². The monoisotopic (exact) mass is 1270 g/mol. The Morgan fingerprint density at radius 1 is 0.333 bits per heavy atom. The van der Waals surface area contributed by atoms with Crippen molar-refractivity contribution >= 4 is 33.6 Å². The number of carbonyl (C=O) groups excluding carboxylic acids is 3. The second kappa shape index (κ2) is 63.4. The van der Waals surface area contributed by atoms with Gasteiger partial charge in [0.2, 0.25) is 0 Å². The molecule has 5 unspecified atom stereocenters. The lowest BCUT2D eigenvalue weighted by atomic mass is 10.0. The zero-order chi connectivity index (χ0) is 63.8. The van der Waals surface area contributed by atoms with Crippen LogP contribution in [0.5, 0.6) is 0 Å². The van der Waals surface area contributed by atoms with Crippen LogP contribution >= 0.6 is 15.6 Å². The van der Waals surface area contributed by atoms with Crippen LogP contribution in [-0.4, -0.2) is 95.9 Å². The highest BCUT2D eigenvalue weighted by Gasteiger charge is 2.29. The second-order valence-corrected chi connectivity index (χ2v) is 26.2. The maximum atomic E-state index is 12.9. The molecule has 0 aromatic rings. The summed E-state index contributed by atoms with van der Waals surface area (Å²) < 4.78 is 60.8. The van der Waals surface area contributed by atoms with E-state index in [1.54, 1.807) is 0 Å². The van der Waals surface area contributed by atoms with Gasteiger partial charge >= 0.3 is 33.6 Å². The van der Waals surface area contributed by atoms with Gasteiger partial charge in [-0.15, -0.1) is 0 Å². The number of allylic oxidation sites excluding steroid dienone is 10. The van der Waals surface area contributed by atoms with E-state index >= 15 is 0 Å². The van der Waals surface area contributed by atoms with E-state index in [-0.39, 0.29) is 19.3 Å². The van der Waals surface area contributed by atoms with Gasteiger partial charge in [0.25, 0.3) is 0 Å². The molecule has 87 heavy (non-hydrogen) atoms. The van der Waals surface area contributed by atoms with Gasteiger partial charge in [0, 0.05) is 19.3 Å². The molecule has 0 saturated carbocycles. The molecule has 508 valence electrons. The van der Waals surface area contributed by atoms with Crippen molar-refractivity contribution in [1.82, 2.24) is 0 Å². The van der Waals surface area contributed by atoms with E-state index in [0.29, 0.717) is 19.3 Å². The van der Waals surface area contributed by atoms with Crippen molar-refractivity contribution in [2.75, 3.05) is 39.6 Å². The molecule has 0 saturated heterocycles.